The highest BCUT2D eigenvalue weighted by Crippen LogP contribution is 2.32. The minimum Gasteiger partial charge on any atom is -0.488 e. The Balaban J connectivity index is 0.000000396. The summed E-state index contributed by atoms with van der Waals surface area (Å²) in [5.74, 6) is -2.16. The van der Waals surface area contributed by atoms with Crippen LogP contribution < -0.4 is 10.5 Å². The van der Waals surface area contributed by atoms with Gasteiger partial charge in [0.15, 0.2) is 0 Å². The number of amides is 1. The van der Waals surface area contributed by atoms with Crippen molar-refractivity contribution in [3.63, 3.8) is 0 Å². The number of carbonyl (C=O) groups excluding carboxylic acids is 1. The molecule has 1 amide bonds. The molecule has 2 aromatic carbocycles. The second-order valence-electron chi connectivity index (χ2n) is 8.00. The zero-order valence-electron chi connectivity index (χ0n) is 16.9. The lowest BCUT2D eigenvalue weighted by Gasteiger charge is -2.35. The fourth-order valence-corrected chi connectivity index (χ4v) is 3.37. The van der Waals surface area contributed by atoms with E-state index in [0.29, 0.717) is 13.0 Å². The summed E-state index contributed by atoms with van der Waals surface area (Å²) in [5, 5.41) is 9.38. The topological polar surface area (TPSA) is 92.9 Å². The van der Waals surface area contributed by atoms with Crippen LogP contribution in [-0.2, 0) is 9.59 Å². The number of nitrogens with two attached hydrogens (primary N) is 1. The highest BCUT2D eigenvalue weighted by Gasteiger charge is 2.42. The number of primary amides is 1. The van der Waals surface area contributed by atoms with Gasteiger partial charge in [0.2, 0.25) is 5.91 Å². The van der Waals surface area contributed by atoms with E-state index in [-0.39, 0.29) is 23.6 Å². The first-order chi connectivity index (χ1) is 13.8. The maximum absolute atomic E-state index is 11.8. The molecule has 2 aromatic rings. The molecule has 3 rings (SSSR count). The summed E-state index contributed by atoms with van der Waals surface area (Å²) >= 11 is 0. The molecule has 3 N–H and O–H groups in total. The monoisotopic (exact) mass is 426 g/mol. The number of aliphatic carboxylic acids is 1. The van der Waals surface area contributed by atoms with Gasteiger partial charge in [0.1, 0.15) is 11.9 Å². The summed E-state index contributed by atoms with van der Waals surface area (Å²) in [5.41, 5.74) is 5.48. The van der Waals surface area contributed by atoms with Crippen molar-refractivity contribution in [2.45, 2.75) is 51.1 Å². The standard InChI is InChI=1S/C19H24N2O2.C2HF3O2/c1-19(2,3)21-12-14(11-16(21)18(20)22)23-17-10-6-8-13-7-4-5-9-15(13)17;3-2(4,5)1(6)7/h4-10,14,16H,11-12H2,1-3H3,(H2,20,22);(H,6,7)/t14-,16-;/m0./s1. The number of ether oxygens (including phenoxy) is 1. The van der Waals surface area contributed by atoms with Crippen molar-refractivity contribution in [1.82, 2.24) is 4.90 Å². The van der Waals surface area contributed by atoms with Crippen LogP contribution in [0.3, 0.4) is 0 Å². The van der Waals surface area contributed by atoms with E-state index in [9.17, 15) is 18.0 Å². The number of nitrogens with zero attached hydrogens (tertiary/aromatic N) is 1. The normalized spacial score (nSPS) is 19.8. The summed E-state index contributed by atoms with van der Waals surface area (Å²) in [6.45, 7) is 7.01. The highest BCUT2D eigenvalue weighted by molar-refractivity contribution is 5.88. The molecular weight excluding hydrogens is 401 g/mol. The Morgan fingerprint density at radius 2 is 1.67 bits per heavy atom. The number of likely N-dealkylation sites (tertiary alicyclic amines) is 1. The average molecular weight is 426 g/mol. The van der Waals surface area contributed by atoms with Crippen molar-refractivity contribution in [3.05, 3.63) is 42.5 Å². The number of carboxylic acids is 1. The van der Waals surface area contributed by atoms with Crippen LogP contribution in [0.2, 0.25) is 0 Å². The van der Waals surface area contributed by atoms with E-state index in [0.717, 1.165) is 16.5 Å². The second kappa shape index (κ2) is 8.91. The summed E-state index contributed by atoms with van der Waals surface area (Å²) < 4.78 is 38.0. The summed E-state index contributed by atoms with van der Waals surface area (Å²) in [7, 11) is 0. The highest BCUT2D eigenvalue weighted by atomic mass is 19.4. The molecule has 1 aliphatic heterocycles. The predicted molar refractivity (Wildman–Crippen MR) is 106 cm³/mol. The van der Waals surface area contributed by atoms with E-state index < -0.39 is 12.1 Å². The number of benzene rings is 2. The van der Waals surface area contributed by atoms with Crippen molar-refractivity contribution < 1.29 is 32.6 Å². The Morgan fingerprint density at radius 3 is 2.17 bits per heavy atom. The Hall–Kier alpha value is -2.81. The number of rotatable bonds is 3. The number of hydrogen-bond acceptors (Lipinski definition) is 4. The Kier molecular flexibility index (Phi) is 6.97. The first-order valence-corrected chi connectivity index (χ1v) is 9.31. The predicted octanol–water partition coefficient (Wildman–Crippen LogP) is 3.58. The molecule has 30 heavy (non-hydrogen) atoms. The quantitative estimate of drug-likeness (QED) is 0.783. The van der Waals surface area contributed by atoms with Gasteiger partial charge in [0, 0.05) is 23.9 Å². The van der Waals surface area contributed by atoms with Crippen LogP contribution in [0, 0.1) is 0 Å². The van der Waals surface area contributed by atoms with Crippen LogP contribution in [0.4, 0.5) is 13.2 Å². The number of carboxylic acid groups (broad SMARTS) is 1. The third-order valence-electron chi connectivity index (χ3n) is 4.74. The zero-order valence-corrected chi connectivity index (χ0v) is 16.9. The SMILES string of the molecule is CC(C)(C)N1C[C@@H](Oc2cccc3ccccc23)C[C@H]1C(N)=O.O=C(O)C(F)(F)F. The van der Waals surface area contributed by atoms with Gasteiger partial charge < -0.3 is 15.6 Å². The van der Waals surface area contributed by atoms with Crippen LogP contribution in [0.1, 0.15) is 27.2 Å². The number of halogens is 3. The van der Waals surface area contributed by atoms with E-state index in [4.69, 9.17) is 20.4 Å². The number of carbonyl (C=O) groups is 2. The van der Waals surface area contributed by atoms with Crippen molar-refractivity contribution in [2.24, 2.45) is 5.73 Å². The lowest BCUT2D eigenvalue weighted by Crippen LogP contribution is -2.50. The molecule has 164 valence electrons. The van der Waals surface area contributed by atoms with Gasteiger partial charge in [0.05, 0.1) is 6.04 Å². The van der Waals surface area contributed by atoms with Gasteiger partial charge in [-0.15, -0.1) is 0 Å². The molecule has 0 spiro atoms. The van der Waals surface area contributed by atoms with Crippen LogP contribution in [0.25, 0.3) is 10.8 Å². The molecule has 0 aliphatic carbocycles. The van der Waals surface area contributed by atoms with Gasteiger partial charge in [-0.2, -0.15) is 13.2 Å². The Morgan fingerprint density at radius 1 is 1.10 bits per heavy atom. The molecular formula is C21H25F3N2O4. The van der Waals surface area contributed by atoms with Gasteiger partial charge >= 0.3 is 12.1 Å². The molecule has 1 saturated heterocycles. The van der Waals surface area contributed by atoms with Gasteiger partial charge in [-0.05, 0) is 32.2 Å². The first-order valence-electron chi connectivity index (χ1n) is 9.31. The minimum absolute atomic E-state index is 0.0301. The maximum Gasteiger partial charge on any atom is 0.490 e. The van der Waals surface area contributed by atoms with Gasteiger partial charge in [-0.25, -0.2) is 4.79 Å². The van der Waals surface area contributed by atoms with Crippen molar-refractivity contribution in [3.8, 4) is 5.75 Å². The van der Waals surface area contributed by atoms with Crippen LogP contribution in [0.5, 0.6) is 5.75 Å². The van der Waals surface area contributed by atoms with E-state index >= 15 is 0 Å². The fraction of sp³-hybridized carbons (Fsp3) is 0.429. The number of hydrogen-bond donors (Lipinski definition) is 2. The molecule has 0 radical (unpaired) electrons. The summed E-state index contributed by atoms with van der Waals surface area (Å²) in [6.07, 6.45) is -4.48. The molecule has 0 unspecified atom stereocenters. The van der Waals surface area contributed by atoms with Crippen LogP contribution >= 0.6 is 0 Å². The number of fused-ring (bicyclic) bond motifs is 1. The Bertz CT molecular complexity index is 904. The molecule has 0 aromatic heterocycles. The number of alkyl halides is 3. The molecule has 2 atom stereocenters. The van der Waals surface area contributed by atoms with E-state index in [2.05, 4.69) is 43.9 Å². The smallest absolute Gasteiger partial charge is 0.488 e. The van der Waals surface area contributed by atoms with E-state index in [1.165, 1.54) is 0 Å². The zero-order chi connectivity index (χ0) is 22.7. The van der Waals surface area contributed by atoms with Crippen molar-refractivity contribution in [1.29, 1.82) is 0 Å². The van der Waals surface area contributed by atoms with Gasteiger partial charge in [-0.1, -0.05) is 36.4 Å². The molecule has 9 heteroatoms. The summed E-state index contributed by atoms with van der Waals surface area (Å²) in [6, 6.07) is 14.0. The van der Waals surface area contributed by atoms with Gasteiger partial charge in [0.25, 0.3) is 0 Å². The summed E-state index contributed by atoms with van der Waals surface area (Å²) in [4.78, 5) is 22.8. The van der Waals surface area contributed by atoms with E-state index in [1.807, 2.05) is 24.3 Å². The van der Waals surface area contributed by atoms with Gasteiger partial charge in [-0.3, -0.25) is 9.69 Å². The van der Waals surface area contributed by atoms with Crippen LogP contribution in [-0.4, -0.2) is 52.3 Å². The van der Waals surface area contributed by atoms with E-state index in [1.54, 1.807) is 0 Å². The van der Waals surface area contributed by atoms with Crippen molar-refractivity contribution >= 4 is 22.6 Å². The third-order valence-corrected chi connectivity index (χ3v) is 4.74. The lowest BCUT2D eigenvalue weighted by molar-refractivity contribution is -0.192. The Labute approximate surface area is 172 Å². The minimum atomic E-state index is -5.08. The average Bonchev–Trinajstić information content (AvgIpc) is 3.06. The molecule has 0 bridgehead atoms. The second-order valence-corrected chi connectivity index (χ2v) is 8.00. The first kappa shape index (κ1) is 23.5. The lowest BCUT2D eigenvalue weighted by atomic mass is 10.0. The maximum atomic E-state index is 11.8. The van der Waals surface area contributed by atoms with Crippen molar-refractivity contribution in [2.75, 3.05) is 6.54 Å². The fourth-order valence-electron chi connectivity index (χ4n) is 3.37. The van der Waals surface area contributed by atoms with Crippen LogP contribution in [0.15, 0.2) is 42.5 Å². The molecule has 1 aliphatic rings. The third kappa shape index (κ3) is 5.85. The molecule has 1 heterocycles. The largest absolute Gasteiger partial charge is 0.490 e. The molecule has 1 fully saturated rings. The molecule has 6 nitrogen and oxygen atoms in total. The molecule has 0 saturated carbocycles.